The summed E-state index contributed by atoms with van der Waals surface area (Å²) in [6.07, 6.45) is 0. The van der Waals surface area contributed by atoms with Crippen molar-refractivity contribution in [2.75, 3.05) is 46.8 Å². The van der Waals surface area contributed by atoms with E-state index in [1.165, 1.54) is 5.56 Å². The average molecular weight is 370 g/mol. The molecule has 2 aromatic rings. The Morgan fingerprint density at radius 3 is 2.65 bits per heavy atom. The lowest BCUT2D eigenvalue weighted by Gasteiger charge is -2.32. The zero-order valence-electron chi connectivity index (χ0n) is 15.6. The molecular formula is C21H27N3OS. The number of hydrogen-bond acceptors (Lipinski definition) is 4. The van der Waals surface area contributed by atoms with Crippen molar-refractivity contribution in [2.24, 2.45) is 11.3 Å². The van der Waals surface area contributed by atoms with Gasteiger partial charge in [-0.05, 0) is 37.0 Å². The Bertz CT molecular complexity index is 746. The third-order valence-corrected chi connectivity index (χ3v) is 6.59. The monoisotopic (exact) mass is 369 g/mol. The van der Waals surface area contributed by atoms with Crippen molar-refractivity contribution in [2.45, 2.75) is 6.54 Å². The van der Waals surface area contributed by atoms with Crippen LogP contribution in [0.15, 0.2) is 47.8 Å². The van der Waals surface area contributed by atoms with E-state index in [1.807, 2.05) is 17.5 Å². The Kier molecular flexibility index (Phi) is 4.86. The van der Waals surface area contributed by atoms with E-state index in [9.17, 15) is 4.79 Å². The fraction of sp³-hybridized carbons (Fsp3) is 0.476. The van der Waals surface area contributed by atoms with E-state index in [1.54, 1.807) is 11.3 Å². The zero-order chi connectivity index (χ0) is 18.1. The number of thiophene rings is 1. The molecule has 0 radical (unpaired) electrons. The van der Waals surface area contributed by atoms with Gasteiger partial charge in [-0.25, -0.2) is 0 Å². The Balaban J connectivity index is 1.49. The van der Waals surface area contributed by atoms with Gasteiger partial charge in [0.15, 0.2) is 0 Å². The Morgan fingerprint density at radius 2 is 1.96 bits per heavy atom. The molecule has 3 heterocycles. The van der Waals surface area contributed by atoms with Crippen LogP contribution in [0.25, 0.3) is 0 Å². The van der Waals surface area contributed by atoms with Gasteiger partial charge >= 0.3 is 0 Å². The third kappa shape index (κ3) is 3.43. The highest BCUT2D eigenvalue weighted by Gasteiger charge is 2.53. The summed E-state index contributed by atoms with van der Waals surface area (Å²) in [7, 11) is 4.30. The highest BCUT2D eigenvalue weighted by Crippen LogP contribution is 2.44. The molecule has 2 saturated heterocycles. The number of nitrogens with zero attached hydrogens (tertiary/aromatic N) is 3. The van der Waals surface area contributed by atoms with Gasteiger partial charge in [-0.15, -0.1) is 11.3 Å². The van der Waals surface area contributed by atoms with Crippen molar-refractivity contribution < 1.29 is 4.79 Å². The van der Waals surface area contributed by atoms with Crippen LogP contribution in [0.1, 0.15) is 15.2 Å². The molecule has 0 aliphatic carbocycles. The van der Waals surface area contributed by atoms with E-state index >= 15 is 0 Å². The van der Waals surface area contributed by atoms with Crippen LogP contribution in [0.2, 0.25) is 0 Å². The maximum Gasteiger partial charge on any atom is 0.263 e. The van der Waals surface area contributed by atoms with Crippen LogP contribution < -0.4 is 0 Å². The van der Waals surface area contributed by atoms with Crippen LogP contribution in [0.4, 0.5) is 0 Å². The van der Waals surface area contributed by atoms with Crippen LogP contribution in [0.5, 0.6) is 0 Å². The van der Waals surface area contributed by atoms with Gasteiger partial charge in [0.25, 0.3) is 5.91 Å². The number of benzene rings is 1. The normalized spacial score (nSPS) is 25.8. The lowest BCUT2D eigenvalue weighted by atomic mass is 9.80. The molecule has 0 spiro atoms. The number of likely N-dealkylation sites (tertiary alicyclic amines) is 2. The first-order chi connectivity index (χ1) is 12.6. The molecule has 138 valence electrons. The fourth-order valence-electron chi connectivity index (χ4n) is 4.82. The summed E-state index contributed by atoms with van der Waals surface area (Å²) in [6, 6.07) is 14.6. The van der Waals surface area contributed by atoms with Crippen molar-refractivity contribution >= 4 is 17.2 Å². The predicted molar refractivity (Wildman–Crippen MR) is 106 cm³/mol. The molecule has 2 atom stereocenters. The van der Waals surface area contributed by atoms with Gasteiger partial charge in [0.2, 0.25) is 0 Å². The van der Waals surface area contributed by atoms with Gasteiger partial charge in [0, 0.05) is 44.7 Å². The minimum absolute atomic E-state index is 0.186. The summed E-state index contributed by atoms with van der Waals surface area (Å²) in [6.45, 7) is 5.95. The largest absolute Gasteiger partial charge is 0.337 e. The van der Waals surface area contributed by atoms with E-state index in [2.05, 4.69) is 59.1 Å². The van der Waals surface area contributed by atoms with Crippen molar-refractivity contribution in [3.05, 3.63) is 58.3 Å². The molecule has 1 aromatic carbocycles. The maximum absolute atomic E-state index is 12.8. The van der Waals surface area contributed by atoms with Gasteiger partial charge in [-0.2, -0.15) is 0 Å². The van der Waals surface area contributed by atoms with E-state index < -0.39 is 0 Å². The number of hydrogen-bond donors (Lipinski definition) is 0. The van der Waals surface area contributed by atoms with Gasteiger partial charge < -0.3 is 9.80 Å². The molecular weight excluding hydrogens is 342 g/mol. The number of fused-ring (bicyclic) bond motifs is 1. The minimum Gasteiger partial charge on any atom is -0.337 e. The van der Waals surface area contributed by atoms with Crippen LogP contribution >= 0.6 is 11.3 Å². The molecule has 1 aromatic heterocycles. The molecule has 0 unspecified atom stereocenters. The Hall–Kier alpha value is -1.69. The molecule has 4 nitrogen and oxygen atoms in total. The summed E-state index contributed by atoms with van der Waals surface area (Å²) in [5, 5.41) is 1.99. The second-order valence-electron chi connectivity index (χ2n) is 8.12. The van der Waals surface area contributed by atoms with Crippen molar-refractivity contribution in [3.63, 3.8) is 0 Å². The molecule has 2 aliphatic rings. The van der Waals surface area contributed by atoms with Gasteiger partial charge in [0.1, 0.15) is 0 Å². The van der Waals surface area contributed by atoms with Gasteiger partial charge in [-0.3, -0.25) is 9.69 Å². The smallest absolute Gasteiger partial charge is 0.263 e. The molecule has 4 rings (SSSR count). The summed E-state index contributed by atoms with van der Waals surface area (Å²) in [5.74, 6) is 0.764. The first-order valence-electron chi connectivity index (χ1n) is 9.29. The van der Waals surface area contributed by atoms with Crippen molar-refractivity contribution in [1.29, 1.82) is 0 Å². The first-order valence-corrected chi connectivity index (χ1v) is 10.2. The number of amides is 1. The molecule has 0 N–H and O–H groups in total. The Labute approximate surface area is 160 Å². The van der Waals surface area contributed by atoms with Crippen LogP contribution in [-0.4, -0.2) is 67.4 Å². The summed E-state index contributed by atoms with van der Waals surface area (Å²) < 4.78 is 0. The highest BCUT2D eigenvalue weighted by molar-refractivity contribution is 7.12. The molecule has 26 heavy (non-hydrogen) atoms. The number of rotatable bonds is 5. The first kappa shape index (κ1) is 17.7. The SMILES string of the molecule is CN(C)C[C@@]12CN(Cc3ccccc3)C[C@@H]1CN(C(=O)c1cccs1)C2. The Morgan fingerprint density at radius 1 is 1.15 bits per heavy atom. The molecule has 2 aliphatic heterocycles. The summed E-state index contributed by atoms with van der Waals surface area (Å²) >= 11 is 1.55. The summed E-state index contributed by atoms with van der Waals surface area (Å²) in [4.78, 5) is 20.7. The average Bonchev–Trinajstić information content (AvgIpc) is 3.29. The van der Waals surface area contributed by atoms with E-state index in [-0.39, 0.29) is 11.3 Å². The van der Waals surface area contributed by atoms with E-state index in [4.69, 9.17) is 0 Å². The van der Waals surface area contributed by atoms with Crippen LogP contribution in [-0.2, 0) is 6.54 Å². The van der Waals surface area contributed by atoms with E-state index in [0.717, 1.165) is 44.1 Å². The van der Waals surface area contributed by atoms with Crippen molar-refractivity contribution in [1.82, 2.24) is 14.7 Å². The third-order valence-electron chi connectivity index (χ3n) is 5.73. The van der Waals surface area contributed by atoms with Gasteiger partial charge in [0.05, 0.1) is 4.88 Å². The second-order valence-corrected chi connectivity index (χ2v) is 9.06. The minimum atomic E-state index is 0.186. The topological polar surface area (TPSA) is 26.8 Å². The zero-order valence-corrected chi connectivity index (χ0v) is 16.4. The molecule has 0 bridgehead atoms. The number of carbonyl (C=O) groups is 1. The number of carbonyl (C=O) groups excluding carboxylic acids is 1. The van der Waals surface area contributed by atoms with Crippen LogP contribution in [0, 0.1) is 11.3 Å². The van der Waals surface area contributed by atoms with E-state index in [0.29, 0.717) is 5.92 Å². The molecule has 0 saturated carbocycles. The van der Waals surface area contributed by atoms with Gasteiger partial charge in [-0.1, -0.05) is 36.4 Å². The summed E-state index contributed by atoms with van der Waals surface area (Å²) in [5.41, 5.74) is 1.56. The lowest BCUT2D eigenvalue weighted by Crippen LogP contribution is -2.42. The van der Waals surface area contributed by atoms with Crippen LogP contribution in [0.3, 0.4) is 0 Å². The molecule has 1 amide bonds. The molecule has 5 heteroatoms. The predicted octanol–water partition coefficient (Wildman–Crippen LogP) is 2.88. The molecule has 2 fully saturated rings. The maximum atomic E-state index is 12.8. The lowest BCUT2D eigenvalue weighted by molar-refractivity contribution is 0.0752. The highest BCUT2D eigenvalue weighted by atomic mass is 32.1. The fourth-order valence-corrected chi connectivity index (χ4v) is 5.51. The quantitative estimate of drug-likeness (QED) is 0.811. The standard InChI is InChI=1S/C21H27N3OS/c1-22(2)14-21-15-23(11-17-7-4-3-5-8-17)12-18(21)13-24(16-21)20(25)19-9-6-10-26-19/h3-10,18H,11-16H2,1-2H3/t18-,21+/m1/s1. The van der Waals surface area contributed by atoms with Crippen molar-refractivity contribution in [3.8, 4) is 0 Å². The second kappa shape index (κ2) is 7.14.